The molecule has 0 aliphatic heterocycles. The second-order valence-electron chi connectivity index (χ2n) is 5.37. The lowest BCUT2D eigenvalue weighted by molar-refractivity contribution is -0.137. The molecule has 0 radical (unpaired) electrons. The Morgan fingerprint density at radius 1 is 1.11 bits per heavy atom. The second kappa shape index (κ2) is 8.17. The SMILES string of the molecule is COc1cc(NC(C)=O)c(Cl)cc1C(=O)NNc1ccc(C(F)(F)F)cc1. The Labute approximate surface area is 157 Å². The molecular formula is C17H15ClF3N3O3. The van der Waals surface area contributed by atoms with E-state index in [1.807, 2.05) is 0 Å². The predicted octanol–water partition coefficient (Wildman–Crippen LogP) is 4.08. The van der Waals surface area contributed by atoms with Gasteiger partial charge < -0.3 is 10.1 Å². The molecular weight excluding hydrogens is 387 g/mol. The number of halogens is 4. The van der Waals surface area contributed by atoms with Crippen LogP contribution in [0, 0.1) is 0 Å². The van der Waals surface area contributed by atoms with E-state index in [0.29, 0.717) is 0 Å². The van der Waals surface area contributed by atoms with Crippen LogP contribution >= 0.6 is 11.6 Å². The molecule has 0 saturated carbocycles. The number of rotatable bonds is 5. The molecule has 0 atom stereocenters. The average molecular weight is 402 g/mol. The fraction of sp³-hybridized carbons (Fsp3) is 0.176. The summed E-state index contributed by atoms with van der Waals surface area (Å²) in [6.07, 6.45) is -4.44. The van der Waals surface area contributed by atoms with Crippen molar-refractivity contribution in [3.8, 4) is 5.75 Å². The lowest BCUT2D eigenvalue weighted by Gasteiger charge is -2.14. The number of hydrogen-bond acceptors (Lipinski definition) is 4. The van der Waals surface area contributed by atoms with Crippen molar-refractivity contribution in [1.82, 2.24) is 5.43 Å². The van der Waals surface area contributed by atoms with Crippen molar-refractivity contribution in [3.63, 3.8) is 0 Å². The Hall–Kier alpha value is -2.94. The Bertz CT molecular complexity index is 855. The molecule has 0 aliphatic carbocycles. The van der Waals surface area contributed by atoms with Crippen LogP contribution in [0.2, 0.25) is 5.02 Å². The third-order valence-electron chi connectivity index (χ3n) is 3.38. The summed E-state index contributed by atoms with van der Waals surface area (Å²) in [4.78, 5) is 23.5. The Balaban J connectivity index is 2.13. The van der Waals surface area contributed by atoms with Gasteiger partial charge in [-0.15, -0.1) is 0 Å². The summed E-state index contributed by atoms with van der Waals surface area (Å²) >= 11 is 6.05. The van der Waals surface area contributed by atoms with E-state index in [9.17, 15) is 22.8 Å². The predicted molar refractivity (Wildman–Crippen MR) is 94.8 cm³/mol. The van der Waals surface area contributed by atoms with Crippen LogP contribution in [0.25, 0.3) is 0 Å². The minimum atomic E-state index is -4.44. The van der Waals surface area contributed by atoms with Crippen molar-refractivity contribution in [2.75, 3.05) is 17.9 Å². The van der Waals surface area contributed by atoms with Gasteiger partial charge in [0.15, 0.2) is 0 Å². The number of methoxy groups -OCH3 is 1. The zero-order chi connectivity index (χ0) is 20.2. The number of ether oxygens (including phenoxy) is 1. The fourth-order valence-corrected chi connectivity index (χ4v) is 2.33. The quantitative estimate of drug-likeness (QED) is 0.659. The number of amides is 2. The van der Waals surface area contributed by atoms with E-state index in [4.69, 9.17) is 16.3 Å². The van der Waals surface area contributed by atoms with Crippen molar-refractivity contribution < 1.29 is 27.5 Å². The van der Waals surface area contributed by atoms with Gasteiger partial charge in [0, 0.05) is 13.0 Å². The number of hydrazine groups is 1. The van der Waals surface area contributed by atoms with E-state index in [0.717, 1.165) is 12.1 Å². The molecule has 0 saturated heterocycles. The molecule has 3 N–H and O–H groups in total. The van der Waals surface area contributed by atoms with Crippen LogP contribution in [-0.4, -0.2) is 18.9 Å². The summed E-state index contributed by atoms with van der Waals surface area (Å²) in [5, 5.41) is 2.62. The number of hydrogen-bond donors (Lipinski definition) is 3. The molecule has 6 nitrogen and oxygen atoms in total. The highest BCUT2D eigenvalue weighted by Crippen LogP contribution is 2.31. The first-order valence-corrected chi connectivity index (χ1v) is 7.88. The maximum absolute atomic E-state index is 12.5. The van der Waals surface area contributed by atoms with Crippen molar-refractivity contribution in [2.24, 2.45) is 0 Å². The lowest BCUT2D eigenvalue weighted by atomic mass is 10.1. The minimum Gasteiger partial charge on any atom is -0.496 e. The average Bonchev–Trinajstić information content (AvgIpc) is 2.60. The standard InChI is InChI=1S/C17H15ClF3N3O3/c1-9(25)22-14-8-15(27-2)12(7-13(14)18)16(26)24-23-11-5-3-10(4-6-11)17(19,20)21/h3-8,23H,1-2H3,(H,22,25)(H,24,26). The van der Waals surface area contributed by atoms with Gasteiger partial charge in [0.2, 0.25) is 5.91 Å². The van der Waals surface area contributed by atoms with Gasteiger partial charge in [0.25, 0.3) is 5.91 Å². The third kappa shape index (κ3) is 5.27. The largest absolute Gasteiger partial charge is 0.496 e. The third-order valence-corrected chi connectivity index (χ3v) is 3.69. The summed E-state index contributed by atoms with van der Waals surface area (Å²) in [6.45, 7) is 1.30. The van der Waals surface area contributed by atoms with Gasteiger partial charge in [0.05, 0.1) is 34.6 Å². The van der Waals surface area contributed by atoms with Gasteiger partial charge in [0.1, 0.15) is 5.75 Å². The van der Waals surface area contributed by atoms with Gasteiger partial charge >= 0.3 is 6.18 Å². The first-order chi connectivity index (χ1) is 12.6. The van der Waals surface area contributed by atoms with Gasteiger partial charge in [-0.05, 0) is 30.3 Å². The highest BCUT2D eigenvalue weighted by molar-refractivity contribution is 6.34. The highest BCUT2D eigenvalue weighted by atomic mass is 35.5. The second-order valence-corrected chi connectivity index (χ2v) is 5.77. The molecule has 2 aromatic rings. The molecule has 0 unspecified atom stereocenters. The van der Waals surface area contributed by atoms with E-state index < -0.39 is 17.6 Å². The molecule has 0 aliphatic rings. The summed E-state index contributed by atoms with van der Waals surface area (Å²) in [5.41, 5.74) is 4.62. The number of anilines is 2. The molecule has 0 heterocycles. The molecule has 0 fully saturated rings. The molecule has 2 aromatic carbocycles. The maximum atomic E-state index is 12.5. The molecule has 10 heteroatoms. The lowest BCUT2D eigenvalue weighted by Crippen LogP contribution is -2.29. The molecule has 2 amide bonds. The molecule has 0 spiro atoms. The first kappa shape index (κ1) is 20.4. The number of alkyl halides is 3. The topological polar surface area (TPSA) is 79.5 Å². The normalized spacial score (nSPS) is 10.9. The first-order valence-electron chi connectivity index (χ1n) is 7.50. The van der Waals surface area contributed by atoms with Crippen molar-refractivity contribution >= 4 is 34.8 Å². The summed E-state index contributed by atoms with van der Waals surface area (Å²) in [5.74, 6) is -0.835. The van der Waals surface area contributed by atoms with Gasteiger partial charge in [-0.2, -0.15) is 13.2 Å². The van der Waals surface area contributed by atoms with Crippen LogP contribution in [0.4, 0.5) is 24.5 Å². The van der Waals surface area contributed by atoms with Crippen LogP contribution < -0.4 is 20.9 Å². The van der Waals surface area contributed by atoms with Crippen molar-refractivity contribution in [3.05, 3.63) is 52.5 Å². The van der Waals surface area contributed by atoms with E-state index in [1.165, 1.54) is 38.3 Å². The maximum Gasteiger partial charge on any atom is 0.416 e. The van der Waals surface area contributed by atoms with Crippen LogP contribution in [0.1, 0.15) is 22.8 Å². The smallest absolute Gasteiger partial charge is 0.416 e. The number of benzene rings is 2. The molecule has 27 heavy (non-hydrogen) atoms. The molecule has 0 bridgehead atoms. The number of carbonyl (C=O) groups is 2. The summed E-state index contributed by atoms with van der Waals surface area (Å²) in [7, 11) is 1.33. The van der Waals surface area contributed by atoms with E-state index in [-0.39, 0.29) is 33.6 Å². The fourth-order valence-electron chi connectivity index (χ4n) is 2.12. The Morgan fingerprint density at radius 3 is 2.26 bits per heavy atom. The van der Waals surface area contributed by atoms with Crippen LogP contribution in [0.15, 0.2) is 36.4 Å². The monoisotopic (exact) mass is 401 g/mol. The van der Waals surface area contributed by atoms with Gasteiger partial charge in [-0.25, -0.2) is 0 Å². The van der Waals surface area contributed by atoms with Crippen molar-refractivity contribution in [2.45, 2.75) is 13.1 Å². The number of nitrogens with one attached hydrogen (secondary N) is 3. The summed E-state index contributed by atoms with van der Waals surface area (Å²) in [6, 6.07) is 6.80. The van der Waals surface area contributed by atoms with E-state index >= 15 is 0 Å². The van der Waals surface area contributed by atoms with Gasteiger partial charge in [-0.1, -0.05) is 11.6 Å². The molecule has 0 aromatic heterocycles. The van der Waals surface area contributed by atoms with E-state index in [1.54, 1.807) is 0 Å². The van der Waals surface area contributed by atoms with Crippen LogP contribution in [-0.2, 0) is 11.0 Å². The van der Waals surface area contributed by atoms with Crippen molar-refractivity contribution in [1.29, 1.82) is 0 Å². The highest BCUT2D eigenvalue weighted by Gasteiger charge is 2.29. The van der Waals surface area contributed by atoms with E-state index in [2.05, 4.69) is 16.2 Å². The molecule has 2 rings (SSSR count). The zero-order valence-electron chi connectivity index (χ0n) is 14.2. The summed E-state index contributed by atoms with van der Waals surface area (Å²) < 4.78 is 42.8. The molecule has 144 valence electrons. The Kier molecular flexibility index (Phi) is 6.17. The zero-order valence-corrected chi connectivity index (χ0v) is 15.0. The number of carbonyl (C=O) groups excluding carboxylic acids is 2. The van der Waals surface area contributed by atoms with Crippen LogP contribution in [0.3, 0.4) is 0 Å². The van der Waals surface area contributed by atoms with Crippen LogP contribution in [0.5, 0.6) is 5.75 Å². The Morgan fingerprint density at radius 2 is 1.74 bits per heavy atom. The minimum absolute atomic E-state index is 0.0658. The van der Waals surface area contributed by atoms with Gasteiger partial charge in [-0.3, -0.25) is 20.4 Å².